The van der Waals surface area contributed by atoms with Crippen LogP contribution < -0.4 is 0 Å². The van der Waals surface area contributed by atoms with Gasteiger partial charge in [-0.05, 0) is 13.8 Å². The normalized spacial score (nSPS) is 12.7. The number of ketones is 1. The average Bonchev–Trinajstić information content (AvgIpc) is 1.82. The molecule has 1 atom stereocenters. The van der Waals surface area contributed by atoms with Crippen molar-refractivity contribution in [2.75, 3.05) is 6.61 Å². The van der Waals surface area contributed by atoms with Crippen LogP contribution in [0.15, 0.2) is 12.7 Å². The lowest BCUT2D eigenvalue weighted by molar-refractivity contribution is -0.125. The molecule has 0 aromatic heterocycles. The summed E-state index contributed by atoms with van der Waals surface area (Å²) >= 11 is 0. The Bertz CT molecular complexity index is 107. The van der Waals surface area contributed by atoms with E-state index in [4.69, 9.17) is 4.74 Å². The zero-order chi connectivity index (χ0) is 7.28. The Hall–Kier alpha value is -0.630. The SMILES string of the molecule is C=CC(OCC)C(C)=O. The van der Waals surface area contributed by atoms with Gasteiger partial charge in [0.1, 0.15) is 6.10 Å². The number of Topliss-reactive ketones (excluding diaryl/α,β-unsaturated/α-hetero) is 1. The average molecular weight is 128 g/mol. The van der Waals surface area contributed by atoms with Gasteiger partial charge in [-0.15, -0.1) is 6.58 Å². The van der Waals surface area contributed by atoms with Gasteiger partial charge in [-0.2, -0.15) is 0 Å². The molecule has 0 saturated heterocycles. The first kappa shape index (κ1) is 8.37. The molecule has 0 N–H and O–H groups in total. The van der Waals surface area contributed by atoms with E-state index in [9.17, 15) is 4.79 Å². The quantitative estimate of drug-likeness (QED) is 0.531. The van der Waals surface area contributed by atoms with E-state index in [1.165, 1.54) is 13.0 Å². The molecular formula is C7H12O2. The van der Waals surface area contributed by atoms with Crippen LogP contribution in [0.2, 0.25) is 0 Å². The predicted octanol–water partition coefficient (Wildman–Crippen LogP) is 1.17. The number of hydrogen-bond donors (Lipinski definition) is 0. The first-order valence-electron chi connectivity index (χ1n) is 2.97. The van der Waals surface area contributed by atoms with E-state index in [1.807, 2.05) is 6.92 Å². The maximum Gasteiger partial charge on any atom is 0.162 e. The van der Waals surface area contributed by atoms with E-state index in [1.54, 1.807) is 0 Å². The van der Waals surface area contributed by atoms with E-state index in [0.717, 1.165) is 0 Å². The van der Waals surface area contributed by atoms with Gasteiger partial charge in [-0.25, -0.2) is 0 Å². The summed E-state index contributed by atoms with van der Waals surface area (Å²) in [5.41, 5.74) is 0. The fourth-order valence-corrected chi connectivity index (χ4v) is 0.531. The van der Waals surface area contributed by atoms with Gasteiger partial charge in [0.2, 0.25) is 0 Å². The summed E-state index contributed by atoms with van der Waals surface area (Å²) < 4.78 is 4.98. The molecule has 0 heterocycles. The Labute approximate surface area is 55.5 Å². The van der Waals surface area contributed by atoms with Crippen molar-refractivity contribution in [3.05, 3.63) is 12.7 Å². The summed E-state index contributed by atoms with van der Waals surface area (Å²) in [5, 5.41) is 0. The standard InChI is InChI=1S/C7H12O2/c1-4-7(6(3)8)9-5-2/h4,7H,1,5H2,2-3H3. The second-order valence-corrected chi connectivity index (χ2v) is 1.72. The zero-order valence-corrected chi connectivity index (χ0v) is 5.89. The maximum atomic E-state index is 10.6. The zero-order valence-electron chi connectivity index (χ0n) is 5.89. The highest BCUT2D eigenvalue weighted by molar-refractivity contribution is 5.82. The maximum absolute atomic E-state index is 10.6. The fraction of sp³-hybridized carbons (Fsp3) is 0.571. The minimum atomic E-state index is -0.407. The number of carbonyl (C=O) groups excluding carboxylic acids is 1. The van der Waals surface area contributed by atoms with Crippen LogP contribution in [-0.4, -0.2) is 18.5 Å². The molecule has 0 aliphatic carbocycles. The smallest absolute Gasteiger partial charge is 0.162 e. The predicted molar refractivity (Wildman–Crippen MR) is 36.3 cm³/mol. The molecule has 0 rings (SSSR count). The lowest BCUT2D eigenvalue weighted by atomic mass is 10.2. The van der Waals surface area contributed by atoms with Crippen LogP contribution in [0.25, 0.3) is 0 Å². The van der Waals surface area contributed by atoms with E-state index in [2.05, 4.69) is 6.58 Å². The number of hydrogen-bond acceptors (Lipinski definition) is 2. The van der Waals surface area contributed by atoms with Crippen LogP contribution >= 0.6 is 0 Å². The Morgan fingerprint density at radius 3 is 2.56 bits per heavy atom. The summed E-state index contributed by atoms with van der Waals surface area (Å²) in [6.45, 7) is 7.34. The minimum absolute atomic E-state index is 0.00634. The molecule has 0 amide bonds. The van der Waals surface area contributed by atoms with E-state index < -0.39 is 6.10 Å². The third kappa shape index (κ3) is 3.03. The largest absolute Gasteiger partial charge is 0.367 e. The summed E-state index contributed by atoms with van der Waals surface area (Å²) in [4.78, 5) is 10.6. The summed E-state index contributed by atoms with van der Waals surface area (Å²) in [7, 11) is 0. The van der Waals surface area contributed by atoms with Crippen LogP contribution in [-0.2, 0) is 9.53 Å². The molecule has 0 aliphatic heterocycles. The Morgan fingerprint density at radius 2 is 2.44 bits per heavy atom. The van der Waals surface area contributed by atoms with Crippen molar-refractivity contribution >= 4 is 5.78 Å². The highest BCUT2D eigenvalue weighted by Crippen LogP contribution is 1.93. The van der Waals surface area contributed by atoms with Gasteiger partial charge < -0.3 is 4.74 Å². The Morgan fingerprint density at radius 1 is 1.89 bits per heavy atom. The number of carbonyl (C=O) groups is 1. The Balaban J connectivity index is 3.68. The molecule has 0 aliphatic rings. The first-order chi connectivity index (χ1) is 4.22. The van der Waals surface area contributed by atoms with Crippen molar-refractivity contribution < 1.29 is 9.53 Å². The van der Waals surface area contributed by atoms with Gasteiger partial charge in [0, 0.05) is 6.61 Å². The summed E-state index contributed by atoms with van der Waals surface area (Å²) in [5.74, 6) is 0.00634. The molecule has 2 heteroatoms. The van der Waals surface area contributed by atoms with E-state index in [0.29, 0.717) is 6.61 Å². The second-order valence-electron chi connectivity index (χ2n) is 1.72. The van der Waals surface area contributed by atoms with Gasteiger partial charge in [0.15, 0.2) is 5.78 Å². The molecular weight excluding hydrogens is 116 g/mol. The van der Waals surface area contributed by atoms with E-state index in [-0.39, 0.29) is 5.78 Å². The summed E-state index contributed by atoms with van der Waals surface area (Å²) in [6, 6.07) is 0. The summed E-state index contributed by atoms with van der Waals surface area (Å²) in [6.07, 6.45) is 1.10. The lowest BCUT2D eigenvalue weighted by Crippen LogP contribution is -2.18. The molecule has 0 aromatic rings. The molecule has 0 fully saturated rings. The topological polar surface area (TPSA) is 26.3 Å². The van der Waals surface area contributed by atoms with E-state index >= 15 is 0 Å². The van der Waals surface area contributed by atoms with Crippen LogP contribution in [0, 0.1) is 0 Å². The van der Waals surface area contributed by atoms with Crippen LogP contribution in [0.5, 0.6) is 0 Å². The van der Waals surface area contributed by atoms with Crippen molar-refractivity contribution in [3.8, 4) is 0 Å². The van der Waals surface area contributed by atoms with Crippen LogP contribution in [0.4, 0.5) is 0 Å². The number of ether oxygens (including phenoxy) is 1. The molecule has 0 saturated carbocycles. The van der Waals surface area contributed by atoms with Crippen molar-refractivity contribution in [3.63, 3.8) is 0 Å². The van der Waals surface area contributed by atoms with Gasteiger partial charge in [0.05, 0.1) is 0 Å². The van der Waals surface area contributed by atoms with Crippen molar-refractivity contribution in [1.82, 2.24) is 0 Å². The molecule has 9 heavy (non-hydrogen) atoms. The molecule has 2 nitrogen and oxygen atoms in total. The van der Waals surface area contributed by atoms with Gasteiger partial charge in [-0.1, -0.05) is 6.08 Å². The van der Waals surface area contributed by atoms with Crippen LogP contribution in [0.1, 0.15) is 13.8 Å². The van der Waals surface area contributed by atoms with Crippen molar-refractivity contribution in [2.24, 2.45) is 0 Å². The molecule has 52 valence electrons. The van der Waals surface area contributed by atoms with Crippen molar-refractivity contribution in [1.29, 1.82) is 0 Å². The van der Waals surface area contributed by atoms with Gasteiger partial charge in [-0.3, -0.25) is 4.79 Å². The second kappa shape index (κ2) is 4.27. The highest BCUT2D eigenvalue weighted by atomic mass is 16.5. The molecule has 1 unspecified atom stereocenters. The molecule has 0 spiro atoms. The monoisotopic (exact) mass is 128 g/mol. The van der Waals surface area contributed by atoms with Gasteiger partial charge in [0.25, 0.3) is 0 Å². The molecule has 0 radical (unpaired) electrons. The molecule has 0 bridgehead atoms. The fourth-order valence-electron chi connectivity index (χ4n) is 0.531. The third-order valence-corrected chi connectivity index (χ3v) is 0.961. The van der Waals surface area contributed by atoms with Gasteiger partial charge >= 0.3 is 0 Å². The van der Waals surface area contributed by atoms with Crippen molar-refractivity contribution in [2.45, 2.75) is 20.0 Å². The Kier molecular flexibility index (Phi) is 3.97. The number of rotatable bonds is 4. The van der Waals surface area contributed by atoms with Crippen LogP contribution in [0.3, 0.4) is 0 Å². The minimum Gasteiger partial charge on any atom is -0.367 e. The highest BCUT2D eigenvalue weighted by Gasteiger charge is 2.06. The molecule has 0 aromatic carbocycles. The third-order valence-electron chi connectivity index (χ3n) is 0.961. The lowest BCUT2D eigenvalue weighted by Gasteiger charge is -2.06. The first-order valence-corrected chi connectivity index (χ1v) is 2.97.